The number of carbonyl (C=O) groups excluding carboxylic acids is 2. The quantitative estimate of drug-likeness (QED) is 0.0567. The number of carbonyl (C=O) groups is 2. The second-order valence-electron chi connectivity index (χ2n) is 24.9. The maximum absolute atomic E-state index is 13.4. The maximum atomic E-state index is 13.4. The van der Waals surface area contributed by atoms with Gasteiger partial charge in [0.2, 0.25) is 0 Å². The molecule has 16 unspecified atom stereocenters. The first-order valence-electron chi connectivity index (χ1n) is 28.5. The number of rotatable bonds is 19. The van der Waals surface area contributed by atoms with Crippen LogP contribution in [0.2, 0.25) is 0 Å². The fraction of sp³-hybridized carbons (Fsp3) is 0.926. The van der Waals surface area contributed by atoms with Gasteiger partial charge in [-0.3, -0.25) is 9.59 Å². The van der Waals surface area contributed by atoms with Gasteiger partial charge in [0.25, 0.3) is 0 Å². The van der Waals surface area contributed by atoms with Crippen molar-refractivity contribution < 1.29 is 78.1 Å². The Morgan fingerprint density at radius 1 is 0.671 bits per heavy atom. The molecular weight excluding hydrogens is 989 g/mol. The molecule has 18 N–H and O–H groups in total. The van der Waals surface area contributed by atoms with E-state index in [1.54, 1.807) is 0 Å². The average molecular weight is 1080 g/mol. The Labute approximate surface area is 447 Å². The van der Waals surface area contributed by atoms with Gasteiger partial charge in [0.1, 0.15) is 79.9 Å². The Morgan fingerprint density at radius 3 is 1.91 bits per heavy atom. The molecule has 8 rings (SSSR count). The lowest BCUT2D eigenvalue weighted by atomic mass is 9.47. The third-order valence-corrected chi connectivity index (χ3v) is 19.7. The highest BCUT2D eigenvalue weighted by Gasteiger charge is 2.60. The molecule has 0 aromatic carbocycles. The zero-order chi connectivity index (χ0) is 55.1. The number of nitrogens with two attached hydrogens (primary N) is 6. The Balaban J connectivity index is 0.874. The number of esters is 2. The summed E-state index contributed by atoms with van der Waals surface area (Å²) in [5.41, 5.74) is 38.7. The summed E-state index contributed by atoms with van der Waals surface area (Å²) in [6.45, 7) is 11.2. The van der Waals surface area contributed by atoms with Crippen LogP contribution in [0.5, 0.6) is 0 Å². The van der Waals surface area contributed by atoms with Gasteiger partial charge in [0, 0.05) is 31.6 Å². The van der Waals surface area contributed by atoms with Crippen LogP contribution in [0.15, 0.2) is 11.6 Å². The highest BCUT2D eigenvalue weighted by molar-refractivity contribution is 5.77. The van der Waals surface area contributed by atoms with Crippen LogP contribution in [0.1, 0.15) is 125 Å². The van der Waals surface area contributed by atoms with E-state index >= 15 is 0 Å². The molecule has 0 aromatic heterocycles. The molecule has 0 spiro atoms. The van der Waals surface area contributed by atoms with Gasteiger partial charge >= 0.3 is 11.9 Å². The van der Waals surface area contributed by atoms with E-state index in [9.17, 15) is 40.2 Å². The van der Waals surface area contributed by atoms with Gasteiger partial charge in [-0.25, -0.2) is 0 Å². The van der Waals surface area contributed by atoms with Crippen LogP contribution >= 0.6 is 0 Å². The predicted molar refractivity (Wildman–Crippen MR) is 274 cm³/mol. The minimum absolute atomic E-state index is 0.0380. The average Bonchev–Trinajstić information content (AvgIpc) is 3.94. The zero-order valence-corrected chi connectivity index (χ0v) is 45.3. The third kappa shape index (κ3) is 12.3. The molecule has 22 heteroatoms. The molecule has 22 nitrogen and oxygen atoms in total. The molecule has 3 aliphatic heterocycles. The molecule has 7 fully saturated rings. The molecule has 3 heterocycles. The second-order valence-corrected chi connectivity index (χ2v) is 24.9. The number of hydrogen-bond donors (Lipinski definition) is 12. The summed E-state index contributed by atoms with van der Waals surface area (Å²) in [5.74, 6) is 3.06. The van der Waals surface area contributed by atoms with Gasteiger partial charge in [0.15, 0.2) is 18.9 Å². The number of aliphatic hydroxyl groups is 6. The van der Waals surface area contributed by atoms with Crippen molar-refractivity contribution in [1.82, 2.24) is 0 Å². The van der Waals surface area contributed by atoms with Gasteiger partial charge in [0.05, 0.1) is 31.0 Å². The van der Waals surface area contributed by atoms with Gasteiger partial charge in [-0.2, -0.15) is 0 Å². The lowest BCUT2D eigenvalue weighted by Crippen LogP contribution is -2.68. The van der Waals surface area contributed by atoms with Crippen LogP contribution in [0.4, 0.5) is 0 Å². The molecule has 0 radical (unpaired) electrons. The Kier molecular flexibility index (Phi) is 19.7. The largest absolute Gasteiger partial charge is 0.463 e. The second kappa shape index (κ2) is 25.0. The van der Waals surface area contributed by atoms with E-state index in [1.165, 1.54) is 50.5 Å². The Hall–Kier alpha value is -2.04. The fourth-order valence-corrected chi connectivity index (χ4v) is 15.2. The molecule has 27 atom stereocenters. The molecule has 3 saturated heterocycles. The van der Waals surface area contributed by atoms with Crippen molar-refractivity contribution in [3.8, 4) is 0 Å². The topological polar surface area (TPSA) is 385 Å². The number of ether oxygens (including phenoxy) is 8. The normalized spacial score (nSPS) is 47.8. The lowest BCUT2D eigenvalue weighted by Gasteiger charge is -2.58. The third-order valence-electron chi connectivity index (χ3n) is 19.7. The molecule has 0 aromatic rings. The Morgan fingerprint density at radius 2 is 1.28 bits per heavy atom. The van der Waals surface area contributed by atoms with Crippen molar-refractivity contribution in [2.75, 3.05) is 19.7 Å². The van der Waals surface area contributed by atoms with Crippen LogP contribution in [-0.2, 0) is 47.5 Å². The standard InChI is InChI=1S/C54H94N6O16/c1-24(2)7-6-8-25(3)29-11-12-30-28-10-9-26-19-27(15-17-53(26,4)31(28)16-18-54(29,30)5)70-38(62)14-13-37(61)69-23-36-48(75-51-40(60)45(67)43(65)35(22-56)72-51)46(68)52(73-36)76-49-41(63)32(57)20-33(58)47(49)74-50-39(59)44(66)42(64)34(21-55)71-50/h9,24-25,27-36,39-52,63-68H,6-8,10-23,55-60H2,1-5H3/t25-,27?,28?,29?,30?,31?,32-,33?,34?,35?,36-,39?,40?,41?,42-,43-,44?,45?,46?,47-,48?,49?,50-,51-,52+,53+,54-/m1/s1. The smallest absolute Gasteiger partial charge is 0.306 e. The van der Waals surface area contributed by atoms with E-state index in [0.29, 0.717) is 23.7 Å². The molecule has 4 saturated carbocycles. The summed E-state index contributed by atoms with van der Waals surface area (Å²) in [7, 11) is 0. The summed E-state index contributed by atoms with van der Waals surface area (Å²) in [5, 5.41) is 65.6. The molecular formula is C54H94N6O16. The van der Waals surface area contributed by atoms with Gasteiger partial charge < -0.3 is 103 Å². The SMILES string of the molecule is CC(C)CCC[C@@H](C)C1CCC2C3CC=C4CC(OC(=O)CCC(=O)OC[C@H]5O[C@@H](OC6C(O)[C@H](N)CC(N)[C@H]6O[C@H]6OC(CN)[C@@H](O)C(O)C6N)C(O)C5O[C@H]5OC(CN)[C@@H](O)C(O)C5N)CC[C@]4(C)C3CC[C@@]21C. The van der Waals surface area contributed by atoms with Crippen LogP contribution in [0.25, 0.3) is 0 Å². The maximum Gasteiger partial charge on any atom is 0.306 e. The summed E-state index contributed by atoms with van der Waals surface area (Å²) < 4.78 is 47.9. The molecule has 0 amide bonds. The van der Waals surface area contributed by atoms with Crippen molar-refractivity contribution in [2.45, 2.75) is 247 Å². The summed E-state index contributed by atoms with van der Waals surface area (Å²) >= 11 is 0. The first-order valence-corrected chi connectivity index (χ1v) is 28.5. The molecule has 8 aliphatic rings. The predicted octanol–water partition coefficient (Wildman–Crippen LogP) is -0.611. The van der Waals surface area contributed by atoms with Crippen molar-refractivity contribution in [1.29, 1.82) is 0 Å². The van der Waals surface area contributed by atoms with Crippen molar-refractivity contribution in [3.05, 3.63) is 11.6 Å². The van der Waals surface area contributed by atoms with E-state index in [-0.39, 0.29) is 43.9 Å². The van der Waals surface area contributed by atoms with Gasteiger partial charge in [-0.1, -0.05) is 65.5 Å². The summed E-state index contributed by atoms with van der Waals surface area (Å²) in [6, 6.07) is -4.50. The van der Waals surface area contributed by atoms with Gasteiger partial charge in [-0.05, 0) is 97.7 Å². The van der Waals surface area contributed by atoms with Crippen molar-refractivity contribution in [2.24, 2.45) is 80.7 Å². The van der Waals surface area contributed by atoms with E-state index in [1.807, 2.05) is 0 Å². The molecule has 5 aliphatic carbocycles. The van der Waals surface area contributed by atoms with E-state index in [0.717, 1.165) is 42.9 Å². The zero-order valence-electron chi connectivity index (χ0n) is 45.3. The molecule has 76 heavy (non-hydrogen) atoms. The number of allylic oxidation sites excluding steroid dienone is 1. The number of fused-ring (bicyclic) bond motifs is 5. The van der Waals surface area contributed by atoms with Crippen molar-refractivity contribution >= 4 is 11.9 Å². The molecule has 436 valence electrons. The van der Waals surface area contributed by atoms with Crippen LogP contribution in [-0.4, -0.2) is 185 Å². The number of aliphatic hydroxyl groups excluding tert-OH is 6. The monoisotopic (exact) mass is 1080 g/mol. The first kappa shape index (κ1) is 60.1. The van der Waals surface area contributed by atoms with Crippen LogP contribution in [0, 0.1) is 46.3 Å². The molecule has 0 bridgehead atoms. The van der Waals surface area contributed by atoms with Crippen LogP contribution < -0.4 is 34.4 Å². The summed E-state index contributed by atoms with van der Waals surface area (Å²) in [4.78, 5) is 26.7. The lowest BCUT2D eigenvalue weighted by molar-refractivity contribution is -0.307. The van der Waals surface area contributed by atoms with E-state index in [4.69, 9.17) is 72.3 Å². The van der Waals surface area contributed by atoms with Gasteiger partial charge in [-0.15, -0.1) is 0 Å². The van der Waals surface area contributed by atoms with Crippen molar-refractivity contribution in [3.63, 3.8) is 0 Å². The minimum Gasteiger partial charge on any atom is -0.463 e. The highest BCUT2D eigenvalue weighted by atomic mass is 16.8. The highest BCUT2D eigenvalue weighted by Crippen LogP contribution is 2.67. The first-order chi connectivity index (χ1) is 36.0. The van der Waals surface area contributed by atoms with Crippen LogP contribution in [0.3, 0.4) is 0 Å². The van der Waals surface area contributed by atoms with E-state index in [2.05, 4.69) is 40.7 Å². The summed E-state index contributed by atoms with van der Waals surface area (Å²) in [6.07, 6.45) is -7.03. The fourth-order valence-electron chi connectivity index (χ4n) is 15.2. The number of hydrogen-bond acceptors (Lipinski definition) is 22. The van der Waals surface area contributed by atoms with E-state index < -0.39 is 135 Å². The Bertz CT molecular complexity index is 1980. The minimum atomic E-state index is -1.74.